The third-order valence-corrected chi connectivity index (χ3v) is 4.28. The van der Waals surface area contributed by atoms with Crippen molar-refractivity contribution in [2.24, 2.45) is 0 Å². The van der Waals surface area contributed by atoms with Crippen LogP contribution in [0.4, 0.5) is 0 Å². The highest BCUT2D eigenvalue weighted by Crippen LogP contribution is 2.26. The summed E-state index contributed by atoms with van der Waals surface area (Å²) in [6.07, 6.45) is 5.84. The molecule has 0 N–H and O–H groups in total. The van der Waals surface area contributed by atoms with Gasteiger partial charge in [0.1, 0.15) is 5.76 Å². The van der Waals surface area contributed by atoms with Gasteiger partial charge in [0.25, 0.3) is 0 Å². The molecule has 82 valence electrons. The van der Waals surface area contributed by atoms with Gasteiger partial charge < -0.3 is 4.42 Å². The van der Waals surface area contributed by atoms with Gasteiger partial charge in [-0.25, -0.2) is 4.98 Å². The van der Waals surface area contributed by atoms with Crippen LogP contribution in [0, 0.1) is 6.92 Å². The van der Waals surface area contributed by atoms with E-state index in [2.05, 4.69) is 15.6 Å². The lowest BCUT2D eigenvalue weighted by Crippen LogP contribution is -1.79. The van der Waals surface area contributed by atoms with Gasteiger partial charge in [-0.1, -0.05) is 0 Å². The van der Waals surface area contributed by atoms with E-state index >= 15 is 0 Å². The molecule has 0 bridgehead atoms. The summed E-state index contributed by atoms with van der Waals surface area (Å²) in [6, 6.07) is 2.00. The zero-order valence-electron chi connectivity index (χ0n) is 8.71. The number of aryl methyl sites for hydroxylation is 1. The van der Waals surface area contributed by atoms with E-state index in [0.29, 0.717) is 0 Å². The molecule has 3 rings (SSSR count). The van der Waals surface area contributed by atoms with Gasteiger partial charge in [0, 0.05) is 28.4 Å². The number of imidazole rings is 1. The van der Waals surface area contributed by atoms with Crippen molar-refractivity contribution < 1.29 is 4.42 Å². The predicted molar refractivity (Wildman–Crippen MR) is 66.1 cm³/mol. The number of fused-ring (bicyclic) bond motifs is 1. The molecule has 16 heavy (non-hydrogen) atoms. The minimum Gasteiger partial charge on any atom is -0.468 e. The average molecular weight is 250 g/mol. The smallest absolute Gasteiger partial charge is 0.193 e. The fourth-order valence-electron chi connectivity index (χ4n) is 1.52. The number of thiazole rings is 1. The van der Waals surface area contributed by atoms with Gasteiger partial charge in [0.15, 0.2) is 4.96 Å². The predicted octanol–water partition coefficient (Wildman–Crippen LogP) is 3.59. The van der Waals surface area contributed by atoms with Crippen molar-refractivity contribution in [1.29, 1.82) is 0 Å². The topological polar surface area (TPSA) is 30.4 Å². The zero-order valence-corrected chi connectivity index (χ0v) is 10.3. The molecule has 0 aromatic carbocycles. The first-order valence-electron chi connectivity index (χ1n) is 4.91. The molecule has 3 nitrogen and oxygen atoms in total. The summed E-state index contributed by atoms with van der Waals surface area (Å²) < 4.78 is 7.31. The summed E-state index contributed by atoms with van der Waals surface area (Å²) >= 11 is 3.42. The number of rotatable bonds is 3. The molecule has 0 aliphatic rings. The fraction of sp³-hybridized carbons (Fsp3) is 0.182. The van der Waals surface area contributed by atoms with Crippen LogP contribution < -0.4 is 0 Å². The highest BCUT2D eigenvalue weighted by atomic mass is 32.2. The lowest BCUT2D eigenvalue weighted by Gasteiger charge is -1.95. The van der Waals surface area contributed by atoms with E-state index in [0.717, 1.165) is 22.2 Å². The van der Waals surface area contributed by atoms with Crippen LogP contribution in [0.1, 0.15) is 11.5 Å². The summed E-state index contributed by atoms with van der Waals surface area (Å²) in [4.78, 5) is 6.78. The Morgan fingerprint density at radius 1 is 1.56 bits per heavy atom. The molecule has 0 atom stereocenters. The molecule has 0 fully saturated rings. The summed E-state index contributed by atoms with van der Waals surface area (Å²) in [5.74, 6) is 1.86. The molecule has 0 radical (unpaired) electrons. The highest BCUT2D eigenvalue weighted by molar-refractivity contribution is 7.98. The Bertz CT molecular complexity index is 580. The lowest BCUT2D eigenvalue weighted by molar-refractivity contribution is 0.527. The number of furan rings is 1. The molecule has 0 saturated heterocycles. The van der Waals surface area contributed by atoms with Crippen LogP contribution in [-0.2, 0) is 5.75 Å². The molecular formula is C11H10N2OS2. The van der Waals surface area contributed by atoms with Gasteiger partial charge in [0.2, 0.25) is 0 Å². The van der Waals surface area contributed by atoms with Crippen molar-refractivity contribution in [3.63, 3.8) is 0 Å². The molecular weight excluding hydrogens is 240 g/mol. The van der Waals surface area contributed by atoms with Gasteiger partial charge >= 0.3 is 0 Å². The molecule has 3 aromatic rings. The van der Waals surface area contributed by atoms with Gasteiger partial charge in [-0.2, -0.15) is 0 Å². The number of thioether (sulfide) groups is 1. The monoisotopic (exact) mass is 250 g/mol. The first kappa shape index (κ1) is 9.99. The van der Waals surface area contributed by atoms with Crippen LogP contribution in [0.15, 0.2) is 39.4 Å². The molecule has 0 aliphatic heterocycles. The van der Waals surface area contributed by atoms with Crippen LogP contribution in [0.25, 0.3) is 4.96 Å². The SMILES string of the molecule is Cc1occc1SCc1cn2ccsc2n1. The van der Waals surface area contributed by atoms with Gasteiger partial charge in [0.05, 0.1) is 12.0 Å². The molecule has 3 aromatic heterocycles. The third kappa shape index (κ3) is 1.76. The summed E-state index contributed by atoms with van der Waals surface area (Å²) in [7, 11) is 0. The maximum absolute atomic E-state index is 5.25. The third-order valence-electron chi connectivity index (χ3n) is 2.33. The van der Waals surface area contributed by atoms with Gasteiger partial charge in [-0.15, -0.1) is 23.1 Å². The van der Waals surface area contributed by atoms with Crippen molar-refractivity contribution in [3.8, 4) is 0 Å². The second kappa shape index (κ2) is 3.99. The summed E-state index contributed by atoms with van der Waals surface area (Å²) in [5, 5.41) is 2.04. The first-order valence-corrected chi connectivity index (χ1v) is 6.77. The molecule has 0 aliphatic carbocycles. The first-order chi connectivity index (χ1) is 7.83. The van der Waals surface area contributed by atoms with Gasteiger partial charge in [-0.05, 0) is 13.0 Å². The quantitative estimate of drug-likeness (QED) is 0.665. The molecule has 0 spiro atoms. The van der Waals surface area contributed by atoms with Crippen molar-refractivity contribution in [3.05, 3.63) is 41.6 Å². The van der Waals surface area contributed by atoms with Crippen LogP contribution in [0.2, 0.25) is 0 Å². The van der Waals surface area contributed by atoms with Crippen molar-refractivity contribution >= 4 is 28.1 Å². The standard InChI is InChI=1S/C11H10N2OS2/c1-8-10(2-4-14-8)16-7-9-6-13-3-5-15-11(13)12-9/h2-6H,7H2,1H3. The van der Waals surface area contributed by atoms with E-state index in [1.807, 2.05) is 24.6 Å². The Balaban J connectivity index is 1.76. The molecule has 5 heteroatoms. The second-order valence-electron chi connectivity index (χ2n) is 3.45. The van der Waals surface area contributed by atoms with E-state index in [9.17, 15) is 0 Å². The van der Waals surface area contributed by atoms with Crippen LogP contribution in [-0.4, -0.2) is 9.38 Å². The van der Waals surface area contributed by atoms with Crippen LogP contribution >= 0.6 is 23.1 Å². The van der Waals surface area contributed by atoms with Crippen molar-refractivity contribution in [2.75, 3.05) is 0 Å². The minimum absolute atomic E-state index is 0.884. The second-order valence-corrected chi connectivity index (χ2v) is 5.34. The average Bonchev–Trinajstić information content (AvgIpc) is 2.89. The fourth-order valence-corrected chi connectivity index (χ4v) is 3.08. The number of aromatic nitrogens is 2. The van der Waals surface area contributed by atoms with Crippen LogP contribution in [0.3, 0.4) is 0 Å². The van der Waals surface area contributed by atoms with Crippen molar-refractivity contribution in [1.82, 2.24) is 9.38 Å². The lowest BCUT2D eigenvalue weighted by atomic mass is 10.5. The van der Waals surface area contributed by atoms with E-state index in [4.69, 9.17) is 4.42 Å². The maximum atomic E-state index is 5.25. The Kier molecular flexibility index (Phi) is 2.49. The summed E-state index contributed by atoms with van der Waals surface area (Å²) in [5.41, 5.74) is 1.11. The molecule has 0 unspecified atom stereocenters. The van der Waals surface area contributed by atoms with E-state index in [1.54, 1.807) is 29.4 Å². The number of hydrogen-bond donors (Lipinski definition) is 0. The Labute approximate surface area is 101 Å². The van der Waals surface area contributed by atoms with E-state index < -0.39 is 0 Å². The zero-order chi connectivity index (χ0) is 11.0. The highest BCUT2D eigenvalue weighted by Gasteiger charge is 2.06. The normalized spacial score (nSPS) is 11.3. The van der Waals surface area contributed by atoms with E-state index in [1.165, 1.54) is 4.90 Å². The number of nitrogens with zero attached hydrogens (tertiary/aromatic N) is 2. The molecule has 0 amide bonds. The van der Waals surface area contributed by atoms with Gasteiger partial charge in [-0.3, -0.25) is 4.40 Å². The maximum Gasteiger partial charge on any atom is 0.193 e. The summed E-state index contributed by atoms with van der Waals surface area (Å²) in [6.45, 7) is 1.98. The largest absolute Gasteiger partial charge is 0.468 e. The Morgan fingerprint density at radius 2 is 2.50 bits per heavy atom. The number of hydrogen-bond acceptors (Lipinski definition) is 4. The van der Waals surface area contributed by atoms with Crippen molar-refractivity contribution in [2.45, 2.75) is 17.6 Å². The van der Waals surface area contributed by atoms with Crippen LogP contribution in [0.5, 0.6) is 0 Å². The Hall–Kier alpha value is -1.20. The minimum atomic E-state index is 0.884. The Morgan fingerprint density at radius 3 is 3.25 bits per heavy atom. The van der Waals surface area contributed by atoms with E-state index in [-0.39, 0.29) is 0 Å². The molecule has 0 saturated carbocycles. The molecule has 3 heterocycles.